The number of hydrogen-bond acceptors (Lipinski definition) is 3. The quantitative estimate of drug-likeness (QED) is 0.576. The monoisotopic (exact) mass is 293 g/mol. The Kier molecular flexibility index (Phi) is 6.05. The van der Waals surface area contributed by atoms with E-state index in [1.54, 1.807) is 12.1 Å². The molecule has 0 aliphatic carbocycles. The summed E-state index contributed by atoms with van der Waals surface area (Å²) in [6, 6.07) is 7.24. The Morgan fingerprint density at radius 2 is 2.35 bits per heavy atom. The van der Waals surface area contributed by atoms with Crippen molar-refractivity contribution in [3.63, 3.8) is 0 Å². The van der Waals surface area contributed by atoms with E-state index in [0.29, 0.717) is 11.8 Å². The van der Waals surface area contributed by atoms with Crippen LogP contribution in [0.1, 0.15) is 25.3 Å². The van der Waals surface area contributed by atoms with Crippen LogP contribution in [0.4, 0.5) is 0 Å². The van der Waals surface area contributed by atoms with Gasteiger partial charge in [0.05, 0.1) is 6.54 Å². The third-order valence-corrected chi connectivity index (χ3v) is 4.59. The SMILES string of the molecule is CCNC(=NCc1cccc(O)c1)NCC1CCCS1. The molecule has 1 aromatic rings. The van der Waals surface area contributed by atoms with Gasteiger partial charge in [0.1, 0.15) is 5.75 Å². The first kappa shape index (κ1) is 15.0. The average molecular weight is 293 g/mol. The third kappa shape index (κ3) is 4.96. The van der Waals surface area contributed by atoms with Gasteiger partial charge in [-0.3, -0.25) is 0 Å². The number of aliphatic imine (C=N–C) groups is 1. The van der Waals surface area contributed by atoms with E-state index < -0.39 is 0 Å². The van der Waals surface area contributed by atoms with Crippen LogP contribution in [0.5, 0.6) is 5.75 Å². The fraction of sp³-hybridized carbons (Fsp3) is 0.533. The fourth-order valence-corrected chi connectivity index (χ4v) is 3.38. The highest BCUT2D eigenvalue weighted by molar-refractivity contribution is 8.00. The van der Waals surface area contributed by atoms with Gasteiger partial charge in [-0.2, -0.15) is 11.8 Å². The summed E-state index contributed by atoms with van der Waals surface area (Å²) >= 11 is 2.04. The molecule has 0 spiro atoms. The van der Waals surface area contributed by atoms with E-state index in [-0.39, 0.29) is 5.75 Å². The van der Waals surface area contributed by atoms with Crippen molar-refractivity contribution in [2.45, 2.75) is 31.6 Å². The Morgan fingerprint density at radius 3 is 3.05 bits per heavy atom. The Bertz CT molecular complexity index is 444. The van der Waals surface area contributed by atoms with Crippen LogP contribution in [0.15, 0.2) is 29.3 Å². The predicted octanol–water partition coefficient (Wildman–Crippen LogP) is 2.34. The number of nitrogens with zero attached hydrogens (tertiary/aromatic N) is 1. The molecule has 1 aliphatic rings. The summed E-state index contributed by atoms with van der Waals surface area (Å²) in [6.07, 6.45) is 2.62. The van der Waals surface area contributed by atoms with Crippen molar-refractivity contribution in [3.05, 3.63) is 29.8 Å². The van der Waals surface area contributed by atoms with Crippen LogP contribution in [-0.4, -0.2) is 35.2 Å². The van der Waals surface area contributed by atoms with Gasteiger partial charge in [-0.15, -0.1) is 0 Å². The molecule has 0 radical (unpaired) electrons. The maximum atomic E-state index is 9.45. The van der Waals surface area contributed by atoms with Gasteiger partial charge < -0.3 is 15.7 Å². The van der Waals surface area contributed by atoms with Crippen molar-refractivity contribution < 1.29 is 5.11 Å². The molecule has 1 aromatic carbocycles. The van der Waals surface area contributed by atoms with E-state index in [2.05, 4.69) is 22.5 Å². The first-order chi connectivity index (χ1) is 9.78. The third-order valence-electron chi connectivity index (χ3n) is 3.20. The van der Waals surface area contributed by atoms with Gasteiger partial charge in [0, 0.05) is 18.3 Å². The van der Waals surface area contributed by atoms with Crippen molar-refractivity contribution in [1.29, 1.82) is 0 Å². The summed E-state index contributed by atoms with van der Waals surface area (Å²) in [4.78, 5) is 4.56. The van der Waals surface area contributed by atoms with Gasteiger partial charge in [-0.05, 0) is 43.2 Å². The Morgan fingerprint density at radius 1 is 1.45 bits per heavy atom. The number of nitrogens with one attached hydrogen (secondary N) is 2. The van der Waals surface area contributed by atoms with Gasteiger partial charge in [0.2, 0.25) is 0 Å². The molecule has 5 heteroatoms. The lowest BCUT2D eigenvalue weighted by atomic mass is 10.2. The maximum absolute atomic E-state index is 9.45. The Hall–Kier alpha value is -1.36. The molecule has 20 heavy (non-hydrogen) atoms. The van der Waals surface area contributed by atoms with Gasteiger partial charge in [0.25, 0.3) is 0 Å². The summed E-state index contributed by atoms with van der Waals surface area (Å²) < 4.78 is 0. The van der Waals surface area contributed by atoms with E-state index in [4.69, 9.17) is 0 Å². The second-order valence-electron chi connectivity index (χ2n) is 4.88. The Balaban J connectivity index is 1.87. The summed E-state index contributed by atoms with van der Waals surface area (Å²) in [7, 11) is 0. The summed E-state index contributed by atoms with van der Waals surface area (Å²) in [5.74, 6) is 2.42. The molecule has 1 fully saturated rings. The van der Waals surface area contributed by atoms with Crippen LogP contribution in [0.3, 0.4) is 0 Å². The van der Waals surface area contributed by atoms with Crippen molar-refractivity contribution in [2.24, 2.45) is 4.99 Å². The van der Waals surface area contributed by atoms with Crippen molar-refractivity contribution in [1.82, 2.24) is 10.6 Å². The standard InChI is InChI=1S/C15H23N3OS/c1-2-16-15(18-11-14-7-4-8-20-14)17-10-12-5-3-6-13(19)9-12/h3,5-6,9,14,19H,2,4,7-8,10-11H2,1H3,(H2,16,17,18). The highest BCUT2D eigenvalue weighted by Crippen LogP contribution is 2.25. The van der Waals surface area contributed by atoms with Crippen LogP contribution in [0, 0.1) is 0 Å². The molecular weight excluding hydrogens is 270 g/mol. The topological polar surface area (TPSA) is 56.7 Å². The number of thioether (sulfide) groups is 1. The number of rotatable bonds is 5. The predicted molar refractivity (Wildman–Crippen MR) is 86.4 cm³/mol. The summed E-state index contributed by atoms with van der Waals surface area (Å²) in [5.41, 5.74) is 1.01. The molecule has 4 nitrogen and oxygen atoms in total. The smallest absolute Gasteiger partial charge is 0.191 e. The van der Waals surface area contributed by atoms with E-state index in [0.717, 1.165) is 24.6 Å². The number of benzene rings is 1. The normalized spacial score (nSPS) is 19.1. The average Bonchev–Trinajstić information content (AvgIpc) is 2.95. The molecule has 0 aromatic heterocycles. The van der Waals surface area contributed by atoms with E-state index in [9.17, 15) is 5.11 Å². The highest BCUT2D eigenvalue weighted by atomic mass is 32.2. The van der Waals surface area contributed by atoms with E-state index in [1.807, 2.05) is 23.9 Å². The lowest BCUT2D eigenvalue weighted by Gasteiger charge is -2.14. The fourth-order valence-electron chi connectivity index (χ4n) is 2.18. The van der Waals surface area contributed by atoms with Crippen LogP contribution in [0.2, 0.25) is 0 Å². The first-order valence-corrected chi connectivity index (χ1v) is 8.24. The van der Waals surface area contributed by atoms with E-state index >= 15 is 0 Å². The van der Waals surface area contributed by atoms with Gasteiger partial charge in [-0.25, -0.2) is 4.99 Å². The second kappa shape index (κ2) is 8.04. The van der Waals surface area contributed by atoms with Crippen LogP contribution in [-0.2, 0) is 6.54 Å². The molecule has 1 unspecified atom stereocenters. The maximum Gasteiger partial charge on any atom is 0.191 e. The molecule has 110 valence electrons. The zero-order chi connectivity index (χ0) is 14.2. The zero-order valence-electron chi connectivity index (χ0n) is 11.9. The lowest BCUT2D eigenvalue weighted by molar-refractivity contribution is 0.474. The number of hydrogen-bond donors (Lipinski definition) is 3. The van der Waals surface area contributed by atoms with Crippen molar-refractivity contribution >= 4 is 17.7 Å². The molecule has 1 heterocycles. The highest BCUT2D eigenvalue weighted by Gasteiger charge is 2.15. The van der Waals surface area contributed by atoms with Gasteiger partial charge >= 0.3 is 0 Å². The summed E-state index contributed by atoms with van der Waals surface area (Å²) in [6.45, 7) is 4.46. The van der Waals surface area contributed by atoms with Crippen LogP contribution >= 0.6 is 11.8 Å². The molecule has 2 rings (SSSR count). The molecule has 0 amide bonds. The minimum absolute atomic E-state index is 0.290. The molecule has 3 N–H and O–H groups in total. The minimum Gasteiger partial charge on any atom is -0.508 e. The van der Waals surface area contributed by atoms with Crippen LogP contribution < -0.4 is 10.6 Å². The Labute approximate surface area is 125 Å². The first-order valence-electron chi connectivity index (χ1n) is 7.19. The molecule has 1 aliphatic heterocycles. The van der Waals surface area contributed by atoms with Crippen molar-refractivity contribution in [3.8, 4) is 5.75 Å². The van der Waals surface area contributed by atoms with Gasteiger partial charge in [0.15, 0.2) is 5.96 Å². The molecule has 1 saturated heterocycles. The zero-order valence-corrected chi connectivity index (χ0v) is 12.7. The molecular formula is C15H23N3OS. The minimum atomic E-state index is 0.290. The number of phenolic OH excluding ortho intramolecular Hbond substituents is 1. The molecule has 1 atom stereocenters. The lowest BCUT2D eigenvalue weighted by Crippen LogP contribution is -2.40. The van der Waals surface area contributed by atoms with E-state index in [1.165, 1.54) is 18.6 Å². The largest absolute Gasteiger partial charge is 0.508 e. The van der Waals surface area contributed by atoms with Gasteiger partial charge in [-0.1, -0.05) is 12.1 Å². The summed E-state index contributed by atoms with van der Waals surface area (Å²) in [5, 5.41) is 16.8. The molecule has 0 saturated carbocycles. The molecule has 0 bridgehead atoms. The number of phenols is 1. The van der Waals surface area contributed by atoms with Crippen LogP contribution in [0.25, 0.3) is 0 Å². The number of aromatic hydroxyl groups is 1. The van der Waals surface area contributed by atoms with Crippen molar-refractivity contribution in [2.75, 3.05) is 18.8 Å². The second-order valence-corrected chi connectivity index (χ2v) is 6.29. The number of guanidine groups is 1.